The maximum absolute atomic E-state index is 11.2. The van der Waals surface area contributed by atoms with Gasteiger partial charge in [0.15, 0.2) is 0 Å². The predicted molar refractivity (Wildman–Crippen MR) is 53.7 cm³/mol. The SMILES string of the molecule is CCOc1ccc(C(=O)OC)c(C#N)c1. The number of hydrogen-bond acceptors (Lipinski definition) is 4. The minimum absolute atomic E-state index is 0.253. The van der Waals surface area contributed by atoms with Crippen molar-refractivity contribution in [3.63, 3.8) is 0 Å². The summed E-state index contributed by atoms with van der Waals surface area (Å²) in [6.45, 7) is 2.36. The van der Waals surface area contributed by atoms with Crippen molar-refractivity contribution in [2.75, 3.05) is 13.7 Å². The van der Waals surface area contributed by atoms with Crippen LogP contribution in [0.15, 0.2) is 18.2 Å². The lowest BCUT2D eigenvalue weighted by Crippen LogP contribution is -2.04. The Bertz CT molecular complexity index is 407. The van der Waals surface area contributed by atoms with Gasteiger partial charge in [0.25, 0.3) is 0 Å². The lowest BCUT2D eigenvalue weighted by molar-refractivity contribution is 0.0600. The van der Waals surface area contributed by atoms with E-state index in [9.17, 15) is 4.79 Å². The van der Waals surface area contributed by atoms with Gasteiger partial charge in [-0.15, -0.1) is 0 Å². The summed E-state index contributed by atoms with van der Waals surface area (Å²) in [4.78, 5) is 11.2. The first-order valence-corrected chi connectivity index (χ1v) is 4.48. The van der Waals surface area contributed by atoms with Crippen LogP contribution in [-0.4, -0.2) is 19.7 Å². The third-order valence-electron chi connectivity index (χ3n) is 1.83. The topological polar surface area (TPSA) is 59.3 Å². The zero-order valence-corrected chi connectivity index (χ0v) is 8.61. The van der Waals surface area contributed by atoms with Crippen molar-refractivity contribution in [1.82, 2.24) is 0 Å². The molecule has 4 heteroatoms. The van der Waals surface area contributed by atoms with Crippen LogP contribution in [-0.2, 0) is 4.74 Å². The molecule has 0 unspecified atom stereocenters. The predicted octanol–water partition coefficient (Wildman–Crippen LogP) is 1.74. The molecule has 0 heterocycles. The summed E-state index contributed by atoms with van der Waals surface area (Å²) >= 11 is 0. The number of carbonyl (C=O) groups is 1. The van der Waals surface area contributed by atoms with Gasteiger partial charge in [0.2, 0.25) is 0 Å². The molecule has 0 saturated carbocycles. The molecule has 0 aliphatic carbocycles. The number of methoxy groups -OCH3 is 1. The van der Waals surface area contributed by atoms with E-state index in [4.69, 9.17) is 10.00 Å². The molecule has 0 fully saturated rings. The van der Waals surface area contributed by atoms with Gasteiger partial charge in [-0.25, -0.2) is 4.79 Å². The van der Waals surface area contributed by atoms with Gasteiger partial charge in [-0.1, -0.05) is 0 Å². The van der Waals surface area contributed by atoms with Gasteiger partial charge in [0.1, 0.15) is 11.8 Å². The largest absolute Gasteiger partial charge is 0.494 e. The fourth-order valence-corrected chi connectivity index (χ4v) is 1.16. The number of ether oxygens (including phenoxy) is 2. The van der Waals surface area contributed by atoms with Gasteiger partial charge < -0.3 is 9.47 Å². The van der Waals surface area contributed by atoms with Crippen LogP contribution in [0.1, 0.15) is 22.8 Å². The minimum Gasteiger partial charge on any atom is -0.494 e. The number of carbonyl (C=O) groups excluding carboxylic acids is 1. The van der Waals surface area contributed by atoms with E-state index >= 15 is 0 Å². The maximum atomic E-state index is 11.2. The van der Waals surface area contributed by atoms with Crippen molar-refractivity contribution in [1.29, 1.82) is 5.26 Å². The second-order valence-electron chi connectivity index (χ2n) is 2.74. The fraction of sp³-hybridized carbons (Fsp3) is 0.273. The second-order valence-corrected chi connectivity index (χ2v) is 2.74. The molecule has 0 amide bonds. The first-order chi connectivity index (χ1) is 7.22. The fourth-order valence-electron chi connectivity index (χ4n) is 1.16. The summed E-state index contributed by atoms with van der Waals surface area (Å²) < 4.78 is 9.76. The number of nitrogens with zero attached hydrogens (tertiary/aromatic N) is 1. The highest BCUT2D eigenvalue weighted by atomic mass is 16.5. The molecule has 0 spiro atoms. The minimum atomic E-state index is -0.519. The number of esters is 1. The highest BCUT2D eigenvalue weighted by Crippen LogP contribution is 2.18. The van der Waals surface area contributed by atoms with Crippen LogP contribution in [0.2, 0.25) is 0 Å². The summed E-state index contributed by atoms with van der Waals surface area (Å²) in [5.74, 6) is 0.0521. The first kappa shape index (κ1) is 11.1. The van der Waals surface area contributed by atoms with Crippen molar-refractivity contribution in [2.45, 2.75) is 6.92 Å². The van der Waals surface area contributed by atoms with Crippen LogP contribution < -0.4 is 4.74 Å². The zero-order chi connectivity index (χ0) is 11.3. The summed E-state index contributed by atoms with van der Waals surface area (Å²) in [5.41, 5.74) is 0.510. The van der Waals surface area contributed by atoms with Gasteiger partial charge in [0, 0.05) is 0 Å². The Morgan fingerprint density at radius 1 is 1.53 bits per heavy atom. The van der Waals surface area contributed by atoms with Gasteiger partial charge in [0.05, 0.1) is 24.8 Å². The highest BCUT2D eigenvalue weighted by molar-refractivity contribution is 5.92. The van der Waals surface area contributed by atoms with Crippen LogP contribution >= 0.6 is 0 Å². The van der Waals surface area contributed by atoms with E-state index < -0.39 is 5.97 Å². The smallest absolute Gasteiger partial charge is 0.339 e. The zero-order valence-electron chi connectivity index (χ0n) is 8.61. The van der Waals surface area contributed by atoms with Crippen molar-refractivity contribution < 1.29 is 14.3 Å². The molecule has 0 radical (unpaired) electrons. The number of rotatable bonds is 3. The van der Waals surface area contributed by atoms with E-state index in [2.05, 4.69) is 4.74 Å². The van der Waals surface area contributed by atoms with E-state index in [1.54, 1.807) is 6.07 Å². The van der Waals surface area contributed by atoms with E-state index in [-0.39, 0.29) is 11.1 Å². The summed E-state index contributed by atoms with van der Waals surface area (Å²) in [6.07, 6.45) is 0. The Kier molecular flexibility index (Phi) is 3.69. The summed E-state index contributed by atoms with van der Waals surface area (Å²) in [6, 6.07) is 6.61. The lowest BCUT2D eigenvalue weighted by Gasteiger charge is -2.05. The Morgan fingerprint density at radius 3 is 2.80 bits per heavy atom. The number of benzene rings is 1. The van der Waals surface area contributed by atoms with Crippen LogP contribution in [0.4, 0.5) is 0 Å². The molecule has 15 heavy (non-hydrogen) atoms. The quantitative estimate of drug-likeness (QED) is 0.705. The van der Waals surface area contributed by atoms with Crippen LogP contribution in [0, 0.1) is 11.3 Å². The van der Waals surface area contributed by atoms with E-state index in [0.717, 1.165) is 0 Å². The number of nitriles is 1. The average Bonchev–Trinajstić information content (AvgIpc) is 2.28. The van der Waals surface area contributed by atoms with Crippen LogP contribution in [0.25, 0.3) is 0 Å². The molecule has 0 atom stereocenters. The molecular formula is C11H11NO3. The van der Waals surface area contributed by atoms with E-state index in [1.807, 2.05) is 13.0 Å². The standard InChI is InChI=1S/C11H11NO3/c1-3-15-9-4-5-10(11(13)14-2)8(6-9)7-12/h4-6H,3H2,1-2H3. The highest BCUT2D eigenvalue weighted by Gasteiger charge is 2.12. The van der Waals surface area contributed by atoms with Gasteiger partial charge >= 0.3 is 5.97 Å². The van der Waals surface area contributed by atoms with E-state index in [0.29, 0.717) is 12.4 Å². The van der Waals surface area contributed by atoms with Crippen LogP contribution in [0.3, 0.4) is 0 Å². The Balaban J connectivity index is 3.10. The first-order valence-electron chi connectivity index (χ1n) is 4.48. The molecule has 0 saturated heterocycles. The lowest BCUT2D eigenvalue weighted by atomic mass is 10.1. The molecule has 0 N–H and O–H groups in total. The molecule has 0 aliphatic heterocycles. The molecule has 0 aliphatic rings. The molecule has 0 bridgehead atoms. The van der Waals surface area contributed by atoms with Crippen LogP contribution in [0.5, 0.6) is 5.75 Å². The second kappa shape index (κ2) is 5.01. The van der Waals surface area contributed by atoms with Gasteiger partial charge in [-0.3, -0.25) is 0 Å². The third kappa shape index (κ3) is 2.47. The monoisotopic (exact) mass is 205 g/mol. The van der Waals surface area contributed by atoms with Gasteiger partial charge in [-0.2, -0.15) is 5.26 Å². The molecule has 1 aromatic carbocycles. The van der Waals surface area contributed by atoms with Crippen molar-refractivity contribution in [2.24, 2.45) is 0 Å². The Labute approximate surface area is 88.0 Å². The summed E-state index contributed by atoms with van der Waals surface area (Å²) in [7, 11) is 1.28. The molecular weight excluding hydrogens is 194 g/mol. The normalized spacial score (nSPS) is 9.13. The number of hydrogen-bond donors (Lipinski definition) is 0. The average molecular weight is 205 g/mol. The third-order valence-corrected chi connectivity index (χ3v) is 1.83. The summed E-state index contributed by atoms with van der Waals surface area (Å²) in [5, 5.41) is 8.84. The molecule has 4 nitrogen and oxygen atoms in total. The van der Waals surface area contributed by atoms with E-state index in [1.165, 1.54) is 19.2 Å². The van der Waals surface area contributed by atoms with Crippen molar-refractivity contribution in [3.05, 3.63) is 29.3 Å². The van der Waals surface area contributed by atoms with Crippen molar-refractivity contribution >= 4 is 5.97 Å². The molecule has 1 aromatic rings. The maximum Gasteiger partial charge on any atom is 0.339 e. The molecule has 78 valence electrons. The van der Waals surface area contributed by atoms with Crippen molar-refractivity contribution in [3.8, 4) is 11.8 Å². The Hall–Kier alpha value is -2.02. The van der Waals surface area contributed by atoms with Gasteiger partial charge in [-0.05, 0) is 25.1 Å². The Morgan fingerprint density at radius 2 is 2.27 bits per heavy atom. The molecule has 0 aromatic heterocycles. The molecule has 1 rings (SSSR count).